The minimum absolute atomic E-state index is 0.0439. The van der Waals surface area contributed by atoms with Crippen LogP contribution in [0.4, 0.5) is 4.39 Å². The van der Waals surface area contributed by atoms with E-state index >= 15 is 0 Å². The Morgan fingerprint density at radius 3 is 1.87 bits per heavy atom. The molecule has 1 amide bonds. The van der Waals surface area contributed by atoms with Gasteiger partial charge in [-0.2, -0.15) is 12.7 Å². The maximum Gasteiger partial charge on any atom is 0.304 e. The van der Waals surface area contributed by atoms with Gasteiger partial charge < -0.3 is 55.8 Å². The fourth-order valence-electron chi connectivity index (χ4n) is 4.34. The van der Waals surface area contributed by atoms with Crippen molar-refractivity contribution < 1.29 is 73.4 Å². The van der Waals surface area contributed by atoms with E-state index in [1.807, 2.05) is 0 Å². The molecule has 2 radical (unpaired) electrons. The molecule has 39 heavy (non-hydrogen) atoms. The lowest BCUT2D eigenvalue weighted by Gasteiger charge is -2.64. The van der Waals surface area contributed by atoms with Crippen LogP contribution in [0, 0.1) is 5.82 Å². The van der Waals surface area contributed by atoms with Crippen LogP contribution in [0.2, 0.25) is 5.31 Å². The van der Waals surface area contributed by atoms with E-state index in [0.717, 1.165) is 10.4 Å². The van der Waals surface area contributed by atoms with Crippen molar-refractivity contribution in [3.05, 3.63) is 29.1 Å². The Kier molecular flexibility index (Phi) is 6.72. The summed E-state index contributed by atoms with van der Waals surface area (Å²) in [5.74, 6) is -27.1. The molecule has 2 saturated carbocycles. The summed E-state index contributed by atoms with van der Waals surface area (Å²) in [6.45, 7) is -1.36. The first-order valence-corrected chi connectivity index (χ1v) is 12.8. The van der Waals surface area contributed by atoms with Crippen LogP contribution in [-0.4, -0.2) is 126 Å². The molecular formula is C20H26BFN2O14S. The van der Waals surface area contributed by atoms with E-state index in [4.69, 9.17) is 12.6 Å². The van der Waals surface area contributed by atoms with Crippen LogP contribution in [0.25, 0.3) is 0 Å². The molecule has 16 nitrogen and oxygen atoms in total. The van der Waals surface area contributed by atoms with Crippen molar-refractivity contribution in [1.29, 1.82) is 0 Å². The van der Waals surface area contributed by atoms with Crippen LogP contribution in [0.15, 0.2) is 12.1 Å². The van der Waals surface area contributed by atoms with Crippen molar-refractivity contribution in [1.82, 2.24) is 9.03 Å². The van der Waals surface area contributed by atoms with Crippen molar-refractivity contribution in [3.8, 4) is 5.75 Å². The number of halogens is 1. The molecule has 11 N–H and O–H groups in total. The highest BCUT2D eigenvalue weighted by Gasteiger charge is 2.89. The van der Waals surface area contributed by atoms with Crippen molar-refractivity contribution in [3.63, 3.8) is 0 Å². The monoisotopic (exact) mass is 580 g/mol. The second-order valence-corrected chi connectivity index (χ2v) is 11.6. The van der Waals surface area contributed by atoms with Gasteiger partial charge in [-0.25, -0.2) is 9.11 Å². The van der Waals surface area contributed by atoms with E-state index in [-0.39, 0.29) is 18.7 Å². The molecule has 1 heterocycles. The normalized spacial score (nSPS) is 26.3. The van der Waals surface area contributed by atoms with Crippen molar-refractivity contribution in [2.45, 2.75) is 59.4 Å². The van der Waals surface area contributed by atoms with Gasteiger partial charge in [0.25, 0.3) is 23.3 Å². The molecule has 2 aliphatic carbocycles. The Labute approximate surface area is 220 Å². The summed E-state index contributed by atoms with van der Waals surface area (Å²) in [5, 5.41) is 97.1. The zero-order valence-electron chi connectivity index (χ0n) is 19.9. The van der Waals surface area contributed by atoms with Gasteiger partial charge in [-0.15, -0.1) is 0 Å². The number of benzene rings is 1. The lowest BCUT2D eigenvalue weighted by atomic mass is 9.48. The van der Waals surface area contributed by atoms with Gasteiger partial charge in [0.15, 0.2) is 0 Å². The smallest absolute Gasteiger partial charge is 0.304 e. The first-order valence-electron chi connectivity index (χ1n) is 11.4. The highest BCUT2D eigenvalue weighted by atomic mass is 32.2. The van der Waals surface area contributed by atoms with E-state index in [0.29, 0.717) is 25.3 Å². The number of carbonyl (C=O) groups is 1. The summed E-state index contributed by atoms with van der Waals surface area (Å²) < 4.78 is 47.3. The summed E-state index contributed by atoms with van der Waals surface area (Å²) in [6, 6.07) is 1.48. The minimum Gasteiger partial charge on any atom is -0.493 e. The minimum atomic E-state index is -4.84. The fourth-order valence-corrected chi connectivity index (χ4v) is 5.55. The van der Waals surface area contributed by atoms with Gasteiger partial charge in [-0.3, -0.25) is 4.79 Å². The predicted molar refractivity (Wildman–Crippen MR) is 121 cm³/mol. The lowest BCUT2D eigenvalue weighted by molar-refractivity contribution is -0.586. The quantitative estimate of drug-likeness (QED) is 0.106. The number of carbonyl (C=O) groups excluding carboxylic acids is 1. The Balaban J connectivity index is 1.68. The number of aliphatic hydroxyl groups is 10. The third-order valence-electron chi connectivity index (χ3n) is 7.38. The molecule has 0 atom stereocenters. The standard InChI is InChI=1S/C20H26BFN2O14S/c21-15(16(26,27)18(30,31)20(34,35)19(32,33)17(15,28)29)8-38-13-7-12(22)11(6-10(13)9-2-3-9)14(25)23-39(36,37)24-4-1-5-24/h6-7,9,26-35H,1-5,8H2,(H,23,25). The van der Waals surface area contributed by atoms with Gasteiger partial charge in [0.1, 0.15) is 11.6 Å². The molecule has 0 aromatic heterocycles. The lowest BCUT2D eigenvalue weighted by Crippen LogP contribution is -2.92. The van der Waals surface area contributed by atoms with Crippen molar-refractivity contribution in [2.24, 2.45) is 0 Å². The van der Waals surface area contributed by atoms with Crippen LogP contribution in [0.5, 0.6) is 5.75 Å². The summed E-state index contributed by atoms with van der Waals surface area (Å²) in [6.07, 6.45) is 1.52. The van der Waals surface area contributed by atoms with E-state index in [2.05, 4.69) is 0 Å². The zero-order chi connectivity index (χ0) is 29.6. The van der Waals surface area contributed by atoms with Gasteiger partial charge in [-0.05, 0) is 36.8 Å². The molecule has 19 heteroatoms. The second kappa shape index (κ2) is 8.75. The number of nitrogens with one attached hydrogen (secondary N) is 1. The predicted octanol–water partition coefficient (Wildman–Crippen LogP) is -5.49. The zero-order valence-corrected chi connectivity index (χ0v) is 20.7. The van der Waals surface area contributed by atoms with Crippen LogP contribution in [-0.2, 0) is 10.2 Å². The number of ether oxygens (including phenoxy) is 1. The first-order chi connectivity index (χ1) is 17.6. The highest BCUT2D eigenvalue weighted by molar-refractivity contribution is 7.87. The summed E-state index contributed by atoms with van der Waals surface area (Å²) >= 11 is 0. The van der Waals surface area contributed by atoms with E-state index in [1.54, 1.807) is 4.72 Å². The van der Waals surface area contributed by atoms with Gasteiger partial charge in [0.05, 0.1) is 25.3 Å². The molecule has 1 aromatic carbocycles. The van der Waals surface area contributed by atoms with Gasteiger partial charge in [0.2, 0.25) is 11.6 Å². The molecule has 0 unspecified atom stereocenters. The largest absolute Gasteiger partial charge is 0.493 e. The van der Waals surface area contributed by atoms with Crippen LogP contribution in [0.3, 0.4) is 0 Å². The molecule has 216 valence electrons. The number of rotatable bonds is 7. The molecule has 1 aliphatic heterocycles. The number of nitrogens with zero attached hydrogens (tertiary/aromatic N) is 1. The Morgan fingerprint density at radius 1 is 0.949 bits per heavy atom. The number of hydrogen-bond acceptors (Lipinski definition) is 14. The van der Waals surface area contributed by atoms with Gasteiger partial charge in [-0.1, -0.05) is 0 Å². The van der Waals surface area contributed by atoms with Crippen LogP contribution >= 0.6 is 0 Å². The summed E-state index contributed by atoms with van der Waals surface area (Å²) in [5.41, 5.74) is -0.673. The third kappa shape index (κ3) is 4.00. The second-order valence-electron chi connectivity index (χ2n) is 9.95. The number of amides is 1. The third-order valence-corrected chi connectivity index (χ3v) is 8.87. The fraction of sp³-hybridized carbons (Fsp3) is 0.650. The van der Waals surface area contributed by atoms with E-state index in [9.17, 15) is 68.7 Å². The Morgan fingerprint density at radius 2 is 1.44 bits per heavy atom. The van der Waals surface area contributed by atoms with Gasteiger partial charge >= 0.3 is 10.2 Å². The summed E-state index contributed by atoms with van der Waals surface area (Å²) in [7, 11) is 1.36. The van der Waals surface area contributed by atoms with Gasteiger partial charge in [0, 0.05) is 19.2 Å². The molecule has 4 rings (SSSR count). The van der Waals surface area contributed by atoms with Crippen LogP contribution in [0.1, 0.15) is 41.1 Å². The number of hydrogen-bond donors (Lipinski definition) is 11. The van der Waals surface area contributed by atoms with E-state index < -0.39 is 80.0 Å². The van der Waals surface area contributed by atoms with Crippen molar-refractivity contribution >= 4 is 24.0 Å². The SMILES string of the molecule is [B]C1(COc2cc(F)c(C(=O)NS(=O)(=O)N3CCC3)cc2C2CC2)C(O)(O)C(O)(O)C(O)(O)C(O)(O)C1(O)O. The van der Waals surface area contributed by atoms with E-state index in [1.165, 1.54) is 0 Å². The van der Waals surface area contributed by atoms with Crippen LogP contribution < -0.4 is 9.46 Å². The van der Waals surface area contributed by atoms with Crippen molar-refractivity contribution in [2.75, 3.05) is 19.7 Å². The first kappa shape index (κ1) is 30.0. The average Bonchev–Trinajstić information content (AvgIpc) is 3.59. The Hall–Kier alpha value is -2.01. The molecular weight excluding hydrogens is 554 g/mol. The summed E-state index contributed by atoms with van der Waals surface area (Å²) in [4.78, 5) is 12.6. The molecule has 0 spiro atoms. The topological polar surface area (TPSA) is 278 Å². The average molecular weight is 580 g/mol. The highest BCUT2D eigenvalue weighted by Crippen LogP contribution is 2.61. The Bertz CT molecular complexity index is 1260. The molecule has 1 saturated heterocycles. The molecule has 3 fully saturated rings. The molecule has 0 bridgehead atoms. The molecule has 3 aliphatic rings. The maximum absolute atomic E-state index is 14.9. The molecule has 1 aromatic rings. The maximum atomic E-state index is 14.9.